The van der Waals surface area contributed by atoms with E-state index in [4.69, 9.17) is 0 Å². The van der Waals surface area contributed by atoms with Gasteiger partial charge in [-0.1, -0.05) is 0 Å². The van der Waals surface area contributed by atoms with Crippen molar-refractivity contribution in [3.8, 4) is 29.3 Å². The smallest absolute Gasteiger partial charge is 0.200 e. The molecule has 0 amide bonds. The van der Waals surface area contributed by atoms with E-state index in [1.54, 1.807) is 30.4 Å². The van der Waals surface area contributed by atoms with E-state index in [1.807, 2.05) is 26.0 Å². The zero-order chi connectivity index (χ0) is 36.5. The number of halogens is 15. The normalized spacial score (nSPS) is 14.3. The first-order valence-corrected chi connectivity index (χ1v) is 16.7. The van der Waals surface area contributed by atoms with E-state index < -0.39 is 61.0 Å². The van der Waals surface area contributed by atoms with Crippen LogP contribution in [0.2, 0.25) is 0 Å². The fourth-order valence-electron chi connectivity index (χ4n) is 4.69. The Morgan fingerprint density at radius 3 is 1.38 bits per heavy atom. The van der Waals surface area contributed by atoms with Crippen molar-refractivity contribution in [3.05, 3.63) is 57.3 Å². The van der Waals surface area contributed by atoms with E-state index in [9.17, 15) is 65.9 Å². The van der Waals surface area contributed by atoms with Crippen LogP contribution in [0, 0.1) is 20.8 Å². The molecule has 0 aromatic carbocycles. The minimum atomic E-state index is -8.27. The Labute approximate surface area is 278 Å². The molecule has 48 heavy (non-hydrogen) atoms. The van der Waals surface area contributed by atoms with Gasteiger partial charge in [-0.05, 0) is 81.1 Å². The third-order valence-corrected chi connectivity index (χ3v) is 12.2. The molecular weight excluding hydrogens is 762 g/mol. The lowest BCUT2D eigenvalue weighted by Crippen LogP contribution is -2.72. The molecule has 4 aromatic heterocycles. The molecule has 0 bridgehead atoms. The number of hydrogen-bond acceptors (Lipinski definition) is 4. The predicted octanol–water partition coefficient (Wildman–Crippen LogP) is 13.6. The van der Waals surface area contributed by atoms with Crippen LogP contribution in [0.3, 0.4) is 0 Å². The minimum absolute atomic E-state index is 0.273. The average molecular weight is 783 g/mol. The van der Waals surface area contributed by atoms with Gasteiger partial charge in [0.1, 0.15) is 0 Å². The second kappa shape index (κ2) is 12.5. The maximum Gasteiger partial charge on any atom is 0.460 e. The van der Waals surface area contributed by atoms with Crippen molar-refractivity contribution in [1.29, 1.82) is 0 Å². The van der Waals surface area contributed by atoms with Gasteiger partial charge in [0.15, 0.2) is 0 Å². The van der Waals surface area contributed by atoms with Crippen molar-refractivity contribution in [2.24, 2.45) is 0 Å². The first-order valence-electron chi connectivity index (χ1n) is 13.4. The van der Waals surface area contributed by atoms with Crippen LogP contribution in [-0.4, -0.2) is 41.7 Å². The lowest BCUT2D eigenvalue weighted by atomic mass is 9.89. The van der Waals surface area contributed by atoms with Crippen LogP contribution in [0.15, 0.2) is 36.4 Å². The van der Waals surface area contributed by atoms with Crippen LogP contribution >= 0.6 is 45.3 Å². The van der Waals surface area contributed by atoms with Crippen LogP contribution in [0.25, 0.3) is 29.3 Å². The largest absolute Gasteiger partial charge is 0.460 e. The molecule has 0 aliphatic carbocycles. The summed E-state index contributed by atoms with van der Waals surface area (Å²) in [5, 5.41) is 0. The van der Waals surface area contributed by atoms with Gasteiger partial charge in [-0.15, -0.1) is 45.3 Å². The van der Waals surface area contributed by atoms with Crippen LogP contribution in [0.5, 0.6) is 0 Å². The van der Waals surface area contributed by atoms with Crippen LogP contribution in [0.1, 0.15) is 33.7 Å². The second-order valence-electron chi connectivity index (χ2n) is 10.8. The summed E-state index contributed by atoms with van der Waals surface area (Å²) >= 11 is 5.63. The highest BCUT2D eigenvalue weighted by molar-refractivity contribution is 7.28. The van der Waals surface area contributed by atoms with Crippen molar-refractivity contribution in [3.63, 3.8) is 0 Å². The van der Waals surface area contributed by atoms with Gasteiger partial charge in [0.05, 0.1) is 0 Å². The summed E-state index contributed by atoms with van der Waals surface area (Å²) in [4.78, 5) is 6.73. The summed E-state index contributed by atoms with van der Waals surface area (Å²) < 4.78 is 203. The summed E-state index contributed by atoms with van der Waals surface area (Å²) in [7, 11) is 0. The standard InChI is InChI=1S/C29H21F15S4/c1-13-11-14(2)45-21(13)19-8-6-17(47-19)18-7-9-20(48-18)22-16(12-15(3)46-22)5-4-10-23(30,31)24(32,33)25(34,35)26(36,37)27(38,39)28(40,41)29(42,43)44/h6-9,11-12H,4-5,10H2,1-3H3. The fraction of sp³-hybridized carbons (Fsp3) is 0.448. The number of alkyl halides is 15. The molecule has 0 unspecified atom stereocenters. The Morgan fingerprint density at radius 2 is 0.896 bits per heavy atom. The first kappa shape index (κ1) is 38.6. The lowest BCUT2D eigenvalue weighted by Gasteiger charge is -2.41. The summed E-state index contributed by atoms with van der Waals surface area (Å²) in [6, 6.07) is 10.9. The Bertz CT molecular complexity index is 1750. The molecule has 0 saturated carbocycles. The van der Waals surface area contributed by atoms with Gasteiger partial charge in [0, 0.05) is 45.4 Å². The molecule has 0 atom stereocenters. The average Bonchev–Trinajstić information content (AvgIpc) is 3.74. The second-order valence-corrected chi connectivity index (χ2v) is 15.5. The van der Waals surface area contributed by atoms with Gasteiger partial charge in [0.25, 0.3) is 0 Å². The third kappa shape index (κ3) is 6.29. The molecule has 4 heterocycles. The number of aryl methyl sites for hydroxylation is 4. The van der Waals surface area contributed by atoms with Gasteiger partial charge in [-0.2, -0.15) is 65.9 Å². The molecule has 19 heteroatoms. The first-order chi connectivity index (χ1) is 21.7. The highest BCUT2D eigenvalue weighted by Gasteiger charge is 2.93. The predicted molar refractivity (Wildman–Crippen MR) is 157 cm³/mol. The minimum Gasteiger partial charge on any atom is -0.200 e. The molecular formula is C29H21F15S4. The molecule has 0 aliphatic rings. The van der Waals surface area contributed by atoms with E-state index in [2.05, 4.69) is 6.07 Å². The molecule has 0 fully saturated rings. The third-order valence-electron chi connectivity index (χ3n) is 7.21. The Hall–Kier alpha value is -2.25. The van der Waals surface area contributed by atoms with Crippen molar-refractivity contribution in [2.45, 2.75) is 81.7 Å². The maximum absolute atomic E-state index is 14.4. The quantitative estimate of drug-likeness (QED) is 0.126. The SMILES string of the molecule is Cc1cc(C)c(-c2ccc(-c3ccc(-c4sc(C)cc4CCCC(F)(F)C(F)(F)C(F)(F)C(F)(F)C(F)(F)C(F)(F)C(F)(F)F)s3)s2)s1. The summed E-state index contributed by atoms with van der Waals surface area (Å²) in [5.41, 5.74) is 1.38. The van der Waals surface area contributed by atoms with Gasteiger partial charge in [-0.25, -0.2) is 0 Å². The molecule has 0 saturated heterocycles. The Kier molecular flexibility index (Phi) is 10.0. The maximum atomic E-state index is 14.4. The van der Waals surface area contributed by atoms with E-state index in [1.165, 1.54) is 40.1 Å². The molecule has 0 N–H and O–H groups in total. The molecule has 0 aliphatic heterocycles. The molecule has 4 aromatic rings. The lowest BCUT2D eigenvalue weighted by molar-refractivity contribution is -0.452. The summed E-state index contributed by atoms with van der Waals surface area (Å²) in [5.74, 6) is -46.3. The fourth-order valence-corrected chi connectivity index (χ4v) is 9.20. The van der Waals surface area contributed by atoms with Crippen LogP contribution in [-0.2, 0) is 6.42 Å². The molecule has 4 rings (SSSR count). The van der Waals surface area contributed by atoms with Gasteiger partial charge in [0.2, 0.25) is 0 Å². The van der Waals surface area contributed by atoms with Crippen molar-refractivity contribution >= 4 is 45.3 Å². The molecule has 266 valence electrons. The van der Waals surface area contributed by atoms with Crippen LogP contribution in [0.4, 0.5) is 65.9 Å². The zero-order valence-electron chi connectivity index (χ0n) is 24.4. The molecule has 0 spiro atoms. The van der Waals surface area contributed by atoms with E-state index in [-0.39, 0.29) is 5.56 Å². The summed E-state index contributed by atoms with van der Waals surface area (Å²) in [6.45, 7) is 5.58. The van der Waals surface area contributed by atoms with Gasteiger partial charge in [-0.3, -0.25) is 0 Å². The number of rotatable bonds is 12. The number of thiophene rings is 4. The van der Waals surface area contributed by atoms with Crippen molar-refractivity contribution < 1.29 is 65.9 Å². The van der Waals surface area contributed by atoms with Gasteiger partial charge < -0.3 is 0 Å². The Balaban J connectivity index is 1.52. The summed E-state index contributed by atoms with van der Waals surface area (Å²) in [6.07, 6.45) is -11.6. The van der Waals surface area contributed by atoms with Gasteiger partial charge >= 0.3 is 41.7 Å². The highest BCUT2D eigenvalue weighted by Crippen LogP contribution is 2.63. The monoisotopic (exact) mass is 782 g/mol. The van der Waals surface area contributed by atoms with E-state index >= 15 is 0 Å². The van der Waals surface area contributed by atoms with Crippen molar-refractivity contribution in [2.75, 3.05) is 0 Å². The Morgan fingerprint density at radius 1 is 0.479 bits per heavy atom. The van der Waals surface area contributed by atoms with E-state index in [0.717, 1.165) is 29.9 Å². The highest BCUT2D eigenvalue weighted by atomic mass is 32.1. The van der Waals surface area contributed by atoms with E-state index in [0.29, 0.717) is 14.6 Å². The number of hydrogen-bond donors (Lipinski definition) is 0. The topological polar surface area (TPSA) is 0 Å². The van der Waals surface area contributed by atoms with Crippen LogP contribution < -0.4 is 0 Å². The molecule has 0 radical (unpaired) electrons. The molecule has 0 nitrogen and oxygen atoms in total. The zero-order valence-corrected chi connectivity index (χ0v) is 27.7. The van der Waals surface area contributed by atoms with Crippen molar-refractivity contribution in [1.82, 2.24) is 0 Å².